The lowest BCUT2D eigenvalue weighted by Crippen LogP contribution is -2.16. The molecule has 0 aliphatic rings. The molecular formula is C22H21NO7. The minimum atomic E-state index is -0.637. The van der Waals surface area contributed by atoms with E-state index in [9.17, 15) is 9.59 Å². The molecule has 8 nitrogen and oxygen atoms in total. The number of hydrogen-bond donors (Lipinski definition) is 1. The number of amides is 1. The fourth-order valence-corrected chi connectivity index (χ4v) is 2.69. The number of carbonyl (C=O) groups excluding carboxylic acids is 2. The number of benzene rings is 2. The monoisotopic (exact) mass is 411 g/mol. The topological polar surface area (TPSA) is 96.2 Å². The Morgan fingerprint density at radius 2 is 1.63 bits per heavy atom. The van der Waals surface area contributed by atoms with Crippen LogP contribution in [0.5, 0.6) is 17.2 Å². The molecule has 0 unspecified atom stereocenters. The number of esters is 1. The SMILES string of the molecule is COc1ccc(COC(=O)c2cc(OC)c(OC)cc2NC(=O)c2ccco2)cc1. The van der Waals surface area contributed by atoms with Gasteiger partial charge in [-0.15, -0.1) is 0 Å². The molecule has 30 heavy (non-hydrogen) atoms. The summed E-state index contributed by atoms with van der Waals surface area (Å²) in [5.74, 6) is 0.317. The van der Waals surface area contributed by atoms with E-state index >= 15 is 0 Å². The first-order valence-electron chi connectivity index (χ1n) is 8.96. The maximum Gasteiger partial charge on any atom is 0.340 e. The Morgan fingerprint density at radius 1 is 0.933 bits per heavy atom. The maximum absolute atomic E-state index is 12.8. The Kier molecular flexibility index (Phi) is 6.59. The summed E-state index contributed by atoms with van der Waals surface area (Å²) >= 11 is 0. The van der Waals surface area contributed by atoms with E-state index in [0.717, 1.165) is 5.56 Å². The van der Waals surface area contributed by atoms with E-state index < -0.39 is 11.9 Å². The van der Waals surface area contributed by atoms with Crippen LogP contribution in [0.15, 0.2) is 59.2 Å². The first-order chi connectivity index (χ1) is 14.5. The second kappa shape index (κ2) is 9.51. The van der Waals surface area contributed by atoms with Crippen molar-refractivity contribution in [2.24, 2.45) is 0 Å². The van der Waals surface area contributed by atoms with E-state index in [2.05, 4.69) is 5.32 Å². The normalized spacial score (nSPS) is 10.2. The fraction of sp³-hybridized carbons (Fsp3) is 0.182. The Hall–Kier alpha value is -3.94. The first-order valence-corrected chi connectivity index (χ1v) is 8.96. The molecule has 1 heterocycles. The van der Waals surface area contributed by atoms with E-state index in [1.165, 1.54) is 38.7 Å². The van der Waals surface area contributed by atoms with Crippen molar-refractivity contribution in [2.45, 2.75) is 6.61 Å². The van der Waals surface area contributed by atoms with Gasteiger partial charge in [0.15, 0.2) is 17.3 Å². The summed E-state index contributed by atoms with van der Waals surface area (Å²) in [5.41, 5.74) is 1.10. The highest BCUT2D eigenvalue weighted by molar-refractivity contribution is 6.07. The van der Waals surface area contributed by atoms with E-state index in [1.54, 1.807) is 37.4 Å². The summed E-state index contributed by atoms with van der Waals surface area (Å²) in [6.45, 7) is 0.0444. The molecule has 156 valence electrons. The van der Waals surface area contributed by atoms with Crippen LogP contribution in [0.25, 0.3) is 0 Å². The van der Waals surface area contributed by atoms with Crippen molar-refractivity contribution in [2.75, 3.05) is 26.6 Å². The molecule has 1 amide bonds. The Bertz CT molecular complexity index is 1010. The highest BCUT2D eigenvalue weighted by Gasteiger charge is 2.21. The predicted molar refractivity (Wildman–Crippen MR) is 108 cm³/mol. The van der Waals surface area contributed by atoms with Crippen LogP contribution in [0.4, 0.5) is 5.69 Å². The second-order valence-electron chi connectivity index (χ2n) is 6.11. The van der Waals surface area contributed by atoms with E-state index in [0.29, 0.717) is 17.2 Å². The smallest absolute Gasteiger partial charge is 0.340 e. The van der Waals surface area contributed by atoms with Gasteiger partial charge < -0.3 is 28.7 Å². The van der Waals surface area contributed by atoms with Crippen molar-refractivity contribution in [1.82, 2.24) is 0 Å². The molecule has 0 aliphatic carbocycles. The van der Waals surface area contributed by atoms with Crippen LogP contribution in [0.3, 0.4) is 0 Å². The second-order valence-corrected chi connectivity index (χ2v) is 6.11. The zero-order valence-electron chi connectivity index (χ0n) is 16.8. The average Bonchev–Trinajstić information content (AvgIpc) is 3.32. The van der Waals surface area contributed by atoms with Crippen molar-refractivity contribution in [3.05, 3.63) is 71.7 Å². The number of methoxy groups -OCH3 is 3. The average molecular weight is 411 g/mol. The van der Waals surface area contributed by atoms with Crippen LogP contribution < -0.4 is 19.5 Å². The van der Waals surface area contributed by atoms with E-state index in [1.807, 2.05) is 0 Å². The quantitative estimate of drug-likeness (QED) is 0.561. The molecule has 0 radical (unpaired) electrons. The van der Waals surface area contributed by atoms with Crippen LogP contribution in [-0.2, 0) is 11.3 Å². The van der Waals surface area contributed by atoms with Gasteiger partial charge in [0.25, 0.3) is 5.91 Å². The van der Waals surface area contributed by atoms with Gasteiger partial charge in [-0.1, -0.05) is 12.1 Å². The zero-order valence-corrected chi connectivity index (χ0v) is 16.8. The van der Waals surface area contributed by atoms with Gasteiger partial charge in [0.05, 0.1) is 38.8 Å². The third-order valence-electron chi connectivity index (χ3n) is 4.27. The number of anilines is 1. The van der Waals surface area contributed by atoms with Crippen molar-refractivity contribution in [1.29, 1.82) is 0 Å². The van der Waals surface area contributed by atoms with Crippen LogP contribution in [-0.4, -0.2) is 33.2 Å². The molecule has 1 N–H and O–H groups in total. The minimum Gasteiger partial charge on any atom is -0.497 e. The highest BCUT2D eigenvalue weighted by atomic mass is 16.5. The molecule has 8 heteroatoms. The lowest BCUT2D eigenvalue weighted by molar-refractivity contribution is 0.0473. The minimum absolute atomic E-state index is 0.0444. The lowest BCUT2D eigenvalue weighted by atomic mass is 10.1. The summed E-state index contributed by atoms with van der Waals surface area (Å²) < 4.78 is 26.2. The van der Waals surface area contributed by atoms with Crippen LogP contribution in [0.2, 0.25) is 0 Å². The number of rotatable bonds is 8. The molecule has 0 atom stereocenters. The van der Waals surface area contributed by atoms with Gasteiger partial charge in [-0.3, -0.25) is 4.79 Å². The Labute approximate surface area is 173 Å². The highest BCUT2D eigenvalue weighted by Crippen LogP contribution is 2.34. The lowest BCUT2D eigenvalue weighted by Gasteiger charge is -2.15. The molecule has 1 aromatic heterocycles. The van der Waals surface area contributed by atoms with Crippen molar-refractivity contribution in [3.8, 4) is 17.2 Å². The van der Waals surface area contributed by atoms with Gasteiger partial charge in [-0.05, 0) is 29.8 Å². The van der Waals surface area contributed by atoms with Crippen LogP contribution in [0.1, 0.15) is 26.5 Å². The summed E-state index contributed by atoms with van der Waals surface area (Å²) in [4.78, 5) is 25.2. The Morgan fingerprint density at radius 3 is 2.23 bits per heavy atom. The zero-order chi connectivity index (χ0) is 21.5. The third-order valence-corrected chi connectivity index (χ3v) is 4.27. The van der Waals surface area contributed by atoms with Gasteiger partial charge in [-0.25, -0.2) is 4.79 Å². The number of nitrogens with one attached hydrogen (secondary N) is 1. The van der Waals surface area contributed by atoms with Gasteiger partial charge >= 0.3 is 5.97 Å². The Balaban J connectivity index is 1.84. The number of ether oxygens (including phenoxy) is 4. The molecule has 0 bridgehead atoms. The largest absolute Gasteiger partial charge is 0.497 e. The van der Waals surface area contributed by atoms with Crippen LogP contribution in [0, 0.1) is 0 Å². The number of carbonyl (C=O) groups is 2. The fourth-order valence-electron chi connectivity index (χ4n) is 2.69. The van der Waals surface area contributed by atoms with Gasteiger partial charge in [0, 0.05) is 12.1 Å². The maximum atomic E-state index is 12.8. The molecular weight excluding hydrogens is 390 g/mol. The number of furan rings is 1. The summed E-state index contributed by atoms with van der Waals surface area (Å²) in [5, 5.41) is 2.65. The molecule has 0 fully saturated rings. The van der Waals surface area contributed by atoms with Crippen molar-refractivity contribution >= 4 is 17.6 Å². The molecule has 2 aromatic carbocycles. The molecule has 3 aromatic rings. The molecule has 0 aliphatic heterocycles. The molecule has 0 saturated carbocycles. The van der Waals surface area contributed by atoms with Gasteiger partial charge in [0.2, 0.25) is 0 Å². The first kappa shape index (κ1) is 20.8. The van der Waals surface area contributed by atoms with Gasteiger partial charge in [-0.2, -0.15) is 0 Å². The summed E-state index contributed by atoms with van der Waals surface area (Å²) in [6, 6.07) is 13.2. The van der Waals surface area contributed by atoms with E-state index in [-0.39, 0.29) is 23.6 Å². The van der Waals surface area contributed by atoms with Crippen molar-refractivity contribution in [3.63, 3.8) is 0 Å². The molecule has 0 saturated heterocycles. The van der Waals surface area contributed by atoms with E-state index in [4.69, 9.17) is 23.4 Å². The summed E-state index contributed by atoms with van der Waals surface area (Å²) in [7, 11) is 4.48. The van der Waals surface area contributed by atoms with Gasteiger partial charge in [0.1, 0.15) is 12.4 Å². The van der Waals surface area contributed by atoms with Crippen LogP contribution >= 0.6 is 0 Å². The molecule has 3 rings (SSSR count). The number of hydrogen-bond acceptors (Lipinski definition) is 7. The standard InChI is InChI=1S/C22H21NO7/c1-26-15-8-6-14(7-9-15)13-30-22(25)16-11-19(27-2)20(28-3)12-17(16)23-21(24)18-5-4-10-29-18/h4-12H,13H2,1-3H3,(H,23,24). The predicted octanol–water partition coefficient (Wildman–Crippen LogP) is 3.91. The molecule has 0 spiro atoms. The third kappa shape index (κ3) is 4.72. The van der Waals surface area contributed by atoms with Crippen molar-refractivity contribution < 1.29 is 33.0 Å². The summed E-state index contributed by atoms with van der Waals surface area (Å²) in [6.07, 6.45) is 1.38.